The Hall–Kier alpha value is -5.14. The van der Waals surface area contributed by atoms with Crippen LogP contribution in [-0.2, 0) is 13.6 Å². The molecule has 0 spiro atoms. The zero-order valence-corrected chi connectivity index (χ0v) is 25.6. The minimum absolute atomic E-state index is 0.0118. The zero-order valence-electron chi connectivity index (χ0n) is 25.6. The number of aromatic hydroxyl groups is 1. The zero-order chi connectivity index (χ0) is 30.9. The van der Waals surface area contributed by atoms with E-state index in [0.717, 1.165) is 58.3 Å². The standard InChI is InChI=1S/C38H37N5O2/c1-25(27-8-4-3-5-9-27)39-37(44)30-12-16-33-32(23-30)35(38(45)41-33)36(29-13-17-34-28(22-29)18-21-42(34)2)40-31-14-10-26(11-15-31)24-43-19-6-7-20-43/h3-5,8-18,21-23,25,41,45H,6-7,19-20,24H2,1-2H3,(H,39,44)/t25-/m1/s1. The summed E-state index contributed by atoms with van der Waals surface area (Å²) in [5.41, 5.74) is 7.50. The molecule has 1 amide bonds. The first kappa shape index (κ1) is 28.6. The molecule has 0 radical (unpaired) electrons. The molecule has 1 aliphatic rings. The Morgan fingerprint density at radius 1 is 0.933 bits per heavy atom. The van der Waals surface area contributed by atoms with Crippen LogP contribution in [0.3, 0.4) is 0 Å². The molecule has 0 saturated carbocycles. The maximum Gasteiger partial charge on any atom is 0.251 e. The maximum atomic E-state index is 13.4. The van der Waals surface area contributed by atoms with E-state index in [1.807, 2.05) is 80.8 Å². The van der Waals surface area contributed by atoms with Crippen LogP contribution < -0.4 is 5.32 Å². The average Bonchev–Trinajstić information content (AvgIpc) is 3.79. The van der Waals surface area contributed by atoms with E-state index < -0.39 is 0 Å². The number of fused-ring (bicyclic) bond motifs is 2. The fraction of sp³-hybridized carbons (Fsp3) is 0.211. The number of rotatable bonds is 8. The quantitative estimate of drug-likeness (QED) is 0.158. The fourth-order valence-electron chi connectivity index (χ4n) is 6.36. The molecule has 7 rings (SSSR count). The molecule has 3 heterocycles. The smallest absolute Gasteiger partial charge is 0.251 e. The van der Waals surface area contributed by atoms with Gasteiger partial charge in [0.1, 0.15) is 0 Å². The highest BCUT2D eigenvalue weighted by molar-refractivity contribution is 6.23. The van der Waals surface area contributed by atoms with E-state index in [9.17, 15) is 9.90 Å². The van der Waals surface area contributed by atoms with Crippen LogP contribution in [0.1, 0.15) is 58.4 Å². The lowest BCUT2D eigenvalue weighted by atomic mass is 9.98. The van der Waals surface area contributed by atoms with Crippen LogP contribution in [0.4, 0.5) is 5.69 Å². The van der Waals surface area contributed by atoms with E-state index in [1.165, 1.54) is 18.4 Å². The van der Waals surface area contributed by atoms with Gasteiger partial charge >= 0.3 is 0 Å². The summed E-state index contributed by atoms with van der Waals surface area (Å²) in [6.07, 6.45) is 4.57. The number of aromatic amines is 1. The number of aliphatic imine (C=N–C) groups is 1. The molecule has 226 valence electrons. The summed E-state index contributed by atoms with van der Waals surface area (Å²) in [7, 11) is 2.03. The van der Waals surface area contributed by atoms with Gasteiger partial charge in [0.2, 0.25) is 0 Å². The van der Waals surface area contributed by atoms with E-state index in [2.05, 4.69) is 50.1 Å². The van der Waals surface area contributed by atoms with Crippen LogP contribution in [0.5, 0.6) is 5.88 Å². The van der Waals surface area contributed by atoms with Gasteiger partial charge < -0.3 is 20.0 Å². The molecule has 4 aromatic carbocycles. The Bertz CT molecular complexity index is 2010. The highest BCUT2D eigenvalue weighted by Gasteiger charge is 2.21. The maximum absolute atomic E-state index is 13.4. The third-order valence-corrected chi connectivity index (χ3v) is 8.87. The van der Waals surface area contributed by atoms with Crippen LogP contribution in [0.15, 0.2) is 108 Å². The summed E-state index contributed by atoms with van der Waals surface area (Å²) in [4.78, 5) is 24.2. The van der Waals surface area contributed by atoms with Gasteiger partial charge in [-0.1, -0.05) is 48.5 Å². The molecule has 0 unspecified atom stereocenters. The summed E-state index contributed by atoms with van der Waals surface area (Å²) < 4.78 is 2.08. The van der Waals surface area contributed by atoms with Crippen molar-refractivity contribution in [2.75, 3.05) is 13.1 Å². The number of amides is 1. The van der Waals surface area contributed by atoms with Gasteiger partial charge in [0.15, 0.2) is 5.88 Å². The molecule has 0 bridgehead atoms. The molecule has 1 fully saturated rings. The number of carbonyl (C=O) groups is 1. The Balaban J connectivity index is 1.29. The van der Waals surface area contributed by atoms with Gasteiger partial charge in [-0.3, -0.25) is 9.69 Å². The summed E-state index contributed by atoms with van der Waals surface area (Å²) >= 11 is 0. The van der Waals surface area contributed by atoms with Crippen LogP contribution in [0.2, 0.25) is 0 Å². The number of hydrogen-bond acceptors (Lipinski definition) is 4. The lowest BCUT2D eigenvalue weighted by Gasteiger charge is -2.15. The van der Waals surface area contributed by atoms with Crippen molar-refractivity contribution < 1.29 is 9.90 Å². The molecular weight excluding hydrogens is 558 g/mol. The van der Waals surface area contributed by atoms with Crippen molar-refractivity contribution in [3.05, 3.63) is 131 Å². The number of likely N-dealkylation sites (tertiary alicyclic amines) is 1. The van der Waals surface area contributed by atoms with Crippen LogP contribution in [0, 0.1) is 0 Å². The van der Waals surface area contributed by atoms with Crippen molar-refractivity contribution in [3.63, 3.8) is 0 Å². The van der Waals surface area contributed by atoms with E-state index in [-0.39, 0.29) is 17.8 Å². The summed E-state index contributed by atoms with van der Waals surface area (Å²) in [5, 5.41) is 16.3. The first-order valence-electron chi connectivity index (χ1n) is 15.6. The van der Waals surface area contributed by atoms with Gasteiger partial charge in [0.05, 0.1) is 23.0 Å². The topological polar surface area (TPSA) is 85.7 Å². The lowest BCUT2D eigenvalue weighted by molar-refractivity contribution is 0.0940. The van der Waals surface area contributed by atoms with Crippen molar-refractivity contribution in [2.45, 2.75) is 32.4 Å². The molecule has 1 saturated heterocycles. The molecule has 45 heavy (non-hydrogen) atoms. The van der Waals surface area contributed by atoms with Gasteiger partial charge in [-0.05, 0) is 92.5 Å². The van der Waals surface area contributed by atoms with Crippen molar-refractivity contribution >= 4 is 39.1 Å². The van der Waals surface area contributed by atoms with Crippen LogP contribution in [-0.4, -0.2) is 44.3 Å². The second kappa shape index (κ2) is 12.1. The number of H-pyrrole nitrogens is 1. The number of benzene rings is 4. The first-order valence-corrected chi connectivity index (χ1v) is 15.6. The number of nitrogens with one attached hydrogen (secondary N) is 2. The van der Waals surface area contributed by atoms with Crippen molar-refractivity contribution in [3.8, 4) is 5.88 Å². The number of aryl methyl sites for hydroxylation is 1. The van der Waals surface area contributed by atoms with E-state index in [4.69, 9.17) is 4.99 Å². The Kier molecular flexibility index (Phi) is 7.69. The third-order valence-electron chi connectivity index (χ3n) is 8.87. The molecule has 3 N–H and O–H groups in total. The van der Waals surface area contributed by atoms with Gasteiger partial charge in [-0.2, -0.15) is 0 Å². The van der Waals surface area contributed by atoms with E-state index in [0.29, 0.717) is 16.8 Å². The van der Waals surface area contributed by atoms with Crippen molar-refractivity contribution in [1.82, 2.24) is 19.8 Å². The molecular formula is C38H37N5O2. The first-order chi connectivity index (χ1) is 21.9. The number of nitrogens with zero attached hydrogens (tertiary/aromatic N) is 3. The predicted molar refractivity (Wildman–Crippen MR) is 181 cm³/mol. The monoisotopic (exact) mass is 595 g/mol. The Morgan fingerprint density at radius 3 is 2.47 bits per heavy atom. The van der Waals surface area contributed by atoms with Crippen LogP contribution >= 0.6 is 0 Å². The lowest BCUT2D eigenvalue weighted by Crippen LogP contribution is -2.26. The summed E-state index contributed by atoms with van der Waals surface area (Å²) in [6.45, 7) is 5.22. The largest absolute Gasteiger partial charge is 0.494 e. The van der Waals surface area contributed by atoms with Crippen molar-refractivity contribution in [2.24, 2.45) is 12.0 Å². The Morgan fingerprint density at radius 2 is 1.69 bits per heavy atom. The van der Waals surface area contributed by atoms with Crippen molar-refractivity contribution in [1.29, 1.82) is 0 Å². The van der Waals surface area contributed by atoms with E-state index in [1.54, 1.807) is 6.07 Å². The Labute approximate surface area is 262 Å². The second-order valence-corrected chi connectivity index (χ2v) is 12.0. The molecule has 1 aliphatic heterocycles. The normalized spacial score (nSPS) is 14.8. The number of hydrogen-bond donors (Lipinski definition) is 3. The van der Waals surface area contributed by atoms with Gasteiger partial charge in [0.25, 0.3) is 5.91 Å². The van der Waals surface area contributed by atoms with Gasteiger partial charge in [0, 0.05) is 52.7 Å². The molecule has 7 nitrogen and oxygen atoms in total. The highest BCUT2D eigenvalue weighted by atomic mass is 16.3. The molecule has 7 heteroatoms. The number of aromatic nitrogens is 2. The third kappa shape index (κ3) is 5.87. The predicted octanol–water partition coefficient (Wildman–Crippen LogP) is 7.62. The summed E-state index contributed by atoms with van der Waals surface area (Å²) in [6, 6.07) is 31.9. The van der Waals surface area contributed by atoms with Gasteiger partial charge in [-0.15, -0.1) is 0 Å². The average molecular weight is 596 g/mol. The molecule has 0 aliphatic carbocycles. The minimum Gasteiger partial charge on any atom is -0.494 e. The molecule has 6 aromatic rings. The van der Waals surface area contributed by atoms with Crippen LogP contribution in [0.25, 0.3) is 21.8 Å². The SMILES string of the molecule is C[C@@H](NC(=O)c1ccc2[nH]c(O)c(C(=Nc3ccc(CN4CCCC4)cc3)c3ccc4c(ccn4C)c3)c2c1)c1ccccc1. The molecule has 2 aromatic heterocycles. The number of carbonyl (C=O) groups excluding carboxylic acids is 1. The van der Waals surface area contributed by atoms with Gasteiger partial charge in [-0.25, -0.2) is 4.99 Å². The summed E-state index contributed by atoms with van der Waals surface area (Å²) in [5.74, 6) is -0.171. The highest BCUT2D eigenvalue weighted by Crippen LogP contribution is 2.33. The molecule has 1 atom stereocenters. The minimum atomic E-state index is -0.183. The fourth-order valence-corrected chi connectivity index (χ4v) is 6.36. The van der Waals surface area contributed by atoms with E-state index >= 15 is 0 Å². The second-order valence-electron chi connectivity index (χ2n) is 12.0.